The summed E-state index contributed by atoms with van der Waals surface area (Å²) in [6.45, 7) is 4.03. The van der Waals surface area contributed by atoms with E-state index in [1.165, 1.54) is 23.6 Å². The molecule has 2 aliphatic heterocycles. The normalized spacial score (nSPS) is 24.9. The lowest BCUT2D eigenvalue weighted by molar-refractivity contribution is -0.125. The summed E-state index contributed by atoms with van der Waals surface area (Å²) < 4.78 is 0. The summed E-state index contributed by atoms with van der Waals surface area (Å²) in [5.41, 5.74) is 0. The Balaban J connectivity index is 1.64. The van der Waals surface area contributed by atoms with Crippen LogP contribution in [0.4, 0.5) is 4.79 Å². The van der Waals surface area contributed by atoms with Crippen LogP contribution in [0, 0.1) is 5.92 Å². The number of hydrogen-bond acceptors (Lipinski definition) is 4. The van der Waals surface area contributed by atoms with Crippen molar-refractivity contribution in [2.75, 3.05) is 44.7 Å². The predicted octanol–water partition coefficient (Wildman–Crippen LogP) is 0.613. The van der Waals surface area contributed by atoms with Gasteiger partial charge in [0.25, 0.3) is 0 Å². The van der Waals surface area contributed by atoms with E-state index in [0.29, 0.717) is 6.54 Å². The van der Waals surface area contributed by atoms with E-state index in [1.54, 1.807) is 0 Å². The zero-order valence-electron chi connectivity index (χ0n) is 10.9. The zero-order chi connectivity index (χ0) is 13.0. The third kappa shape index (κ3) is 3.38. The van der Waals surface area contributed by atoms with E-state index in [4.69, 9.17) is 0 Å². The number of amides is 3. The van der Waals surface area contributed by atoms with Gasteiger partial charge in [0.1, 0.15) is 0 Å². The summed E-state index contributed by atoms with van der Waals surface area (Å²) in [5.74, 6) is 1.96. The van der Waals surface area contributed by atoms with Crippen LogP contribution in [0.3, 0.4) is 0 Å². The first-order valence-corrected chi connectivity index (χ1v) is 7.89. The number of thioether (sulfide) groups is 1. The van der Waals surface area contributed by atoms with Crippen molar-refractivity contribution in [3.8, 4) is 0 Å². The summed E-state index contributed by atoms with van der Waals surface area (Å²) >= 11 is 1.91. The number of hydrogen-bond donors (Lipinski definition) is 1. The van der Waals surface area contributed by atoms with Gasteiger partial charge in [0.05, 0.1) is 6.54 Å². The Morgan fingerprint density at radius 2 is 2.22 bits per heavy atom. The van der Waals surface area contributed by atoms with Gasteiger partial charge in [-0.25, -0.2) is 4.79 Å². The minimum Gasteiger partial charge on any atom is -0.329 e. The molecule has 0 radical (unpaired) electrons. The summed E-state index contributed by atoms with van der Waals surface area (Å²) in [6, 6.07) is -0.235. The van der Waals surface area contributed by atoms with Gasteiger partial charge in [-0.05, 0) is 43.9 Å². The van der Waals surface area contributed by atoms with Crippen LogP contribution in [-0.4, -0.2) is 66.5 Å². The molecule has 1 unspecified atom stereocenters. The first kappa shape index (κ1) is 13.7. The van der Waals surface area contributed by atoms with Crippen molar-refractivity contribution in [3.63, 3.8) is 0 Å². The van der Waals surface area contributed by atoms with Crippen molar-refractivity contribution < 1.29 is 9.59 Å². The highest BCUT2D eigenvalue weighted by Gasteiger charge is 2.28. The zero-order valence-corrected chi connectivity index (χ0v) is 11.7. The molecule has 6 heteroatoms. The Bertz CT molecular complexity index is 308. The molecule has 102 valence electrons. The molecule has 0 aromatic rings. The topological polar surface area (TPSA) is 52.6 Å². The molecule has 3 amide bonds. The smallest absolute Gasteiger partial charge is 0.324 e. The molecule has 18 heavy (non-hydrogen) atoms. The van der Waals surface area contributed by atoms with E-state index >= 15 is 0 Å². The molecule has 2 saturated heterocycles. The average Bonchev–Trinajstić information content (AvgIpc) is 2.91. The molecule has 0 saturated carbocycles. The first-order chi connectivity index (χ1) is 8.70. The Labute approximate surface area is 112 Å². The largest absolute Gasteiger partial charge is 0.329 e. The van der Waals surface area contributed by atoms with Crippen LogP contribution < -0.4 is 5.32 Å². The molecule has 1 atom stereocenters. The quantitative estimate of drug-likeness (QED) is 0.719. The van der Waals surface area contributed by atoms with Gasteiger partial charge in [-0.1, -0.05) is 0 Å². The van der Waals surface area contributed by atoms with Crippen LogP contribution in [0.2, 0.25) is 0 Å². The number of urea groups is 1. The summed E-state index contributed by atoms with van der Waals surface area (Å²) in [6.07, 6.45) is 4.31. The second-order valence-corrected chi connectivity index (χ2v) is 5.88. The number of imide groups is 1. The molecule has 0 bridgehead atoms. The van der Waals surface area contributed by atoms with Crippen LogP contribution in [0.1, 0.15) is 12.8 Å². The van der Waals surface area contributed by atoms with Crippen LogP contribution in [-0.2, 0) is 4.79 Å². The van der Waals surface area contributed by atoms with Crippen LogP contribution in [0.15, 0.2) is 0 Å². The van der Waals surface area contributed by atoms with E-state index in [9.17, 15) is 9.59 Å². The maximum atomic E-state index is 11.4. The van der Waals surface area contributed by atoms with E-state index in [1.807, 2.05) is 11.8 Å². The number of carbonyl (C=O) groups excluding carboxylic acids is 2. The Morgan fingerprint density at radius 1 is 1.39 bits per heavy atom. The van der Waals surface area contributed by atoms with Gasteiger partial charge in [-0.3, -0.25) is 9.69 Å². The lowest BCUT2D eigenvalue weighted by atomic mass is 10.2. The van der Waals surface area contributed by atoms with Gasteiger partial charge >= 0.3 is 6.03 Å². The minimum absolute atomic E-state index is 0.0957. The van der Waals surface area contributed by atoms with Crippen molar-refractivity contribution in [1.29, 1.82) is 0 Å². The number of carbonyl (C=O) groups is 2. The van der Waals surface area contributed by atoms with Crippen molar-refractivity contribution >= 4 is 23.7 Å². The van der Waals surface area contributed by atoms with Gasteiger partial charge < -0.3 is 10.2 Å². The molecule has 5 nitrogen and oxygen atoms in total. The fourth-order valence-electron chi connectivity index (χ4n) is 2.62. The fraction of sp³-hybridized carbons (Fsp3) is 0.833. The first-order valence-electron chi connectivity index (χ1n) is 6.50. The van der Waals surface area contributed by atoms with Crippen molar-refractivity contribution in [1.82, 2.24) is 15.1 Å². The SMILES string of the molecule is CSCC1CCN(CCCN2C(=O)CNC2=O)C1. The second kappa shape index (κ2) is 6.43. The second-order valence-electron chi connectivity index (χ2n) is 4.97. The molecule has 0 aromatic heterocycles. The molecule has 2 heterocycles. The molecule has 0 spiro atoms. The summed E-state index contributed by atoms with van der Waals surface area (Å²) in [7, 11) is 0. The van der Waals surface area contributed by atoms with E-state index in [2.05, 4.69) is 16.5 Å². The molecule has 2 aliphatic rings. The van der Waals surface area contributed by atoms with E-state index in [-0.39, 0.29) is 18.5 Å². The highest BCUT2D eigenvalue weighted by Crippen LogP contribution is 2.19. The fourth-order valence-corrected chi connectivity index (χ4v) is 3.37. The summed E-state index contributed by atoms with van der Waals surface area (Å²) in [5, 5.41) is 2.54. The summed E-state index contributed by atoms with van der Waals surface area (Å²) in [4.78, 5) is 26.5. The highest BCUT2D eigenvalue weighted by molar-refractivity contribution is 7.98. The van der Waals surface area contributed by atoms with E-state index < -0.39 is 0 Å². The van der Waals surface area contributed by atoms with Crippen LogP contribution in [0.25, 0.3) is 0 Å². The molecule has 2 fully saturated rings. The third-order valence-corrected chi connectivity index (χ3v) is 4.37. The number of rotatable bonds is 6. The predicted molar refractivity (Wildman–Crippen MR) is 72.7 cm³/mol. The van der Waals surface area contributed by atoms with E-state index in [0.717, 1.165) is 25.4 Å². The van der Waals surface area contributed by atoms with Crippen molar-refractivity contribution in [2.45, 2.75) is 12.8 Å². The van der Waals surface area contributed by atoms with Gasteiger partial charge in [-0.2, -0.15) is 11.8 Å². The molecule has 1 N–H and O–H groups in total. The van der Waals surface area contributed by atoms with Crippen molar-refractivity contribution in [3.05, 3.63) is 0 Å². The Kier molecular flexibility index (Phi) is 4.88. The minimum atomic E-state index is -0.235. The van der Waals surface area contributed by atoms with Crippen LogP contribution >= 0.6 is 11.8 Å². The van der Waals surface area contributed by atoms with Crippen LogP contribution in [0.5, 0.6) is 0 Å². The maximum Gasteiger partial charge on any atom is 0.324 e. The molecule has 0 aliphatic carbocycles. The number of nitrogens with one attached hydrogen (secondary N) is 1. The average molecular weight is 271 g/mol. The van der Waals surface area contributed by atoms with Gasteiger partial charge in [0.2, 0.25) is 5.91 Å². The number of nitrogens with zero attached hydrogens (tertiary/aromatic N) is 2. The van der Waals surface area contributed by atoms with Gasteiger partial charge in [0, 0.05) is 13.1 Å². The third-order valence-electron chi connectivity index (χ3n) is 3.57. The Hall–Kier alpha value is -0.750. The molecular weight excluding hydrogens is 250 g/mol. The van der Waals surface area contributed by atoms with Gasteiger partial charge in [0.15, 0.2) is 0 Å². The molecule has 2 rings (SSSR count). The van der Waals surface area contributed by atoms with Crippen molar-refractivity contribution in [2.24, 2.45) is 5.92 Å². The lowest BCUT2D eigenvalue weighted by Gasteiger charge is -2.18. The Morgan fingerprint density at radius 3 is 2.89 bits per heavy atom. The number of likely N-dealkylation sites (tertiary alicyclic amines) is 1. The standard InChI is InChI=1S/C12H21N3O2S/c1-18-9-10-3-6-14(8-10)4-2-5-15-11(16)7-13-12(15)17/h10H,2-9H2,1H3,(H,13,17). The maximum absolute atomic E-state index is 11.4. The molecular formula is C12H21N3O2S. The molecule has 0 aromatic carbocycles. The lowest BCUT2D eigenvalue weighted by Crippen LogP contribution is -2.34. The van der Waals surface area contributed by atoms with Gasteiger partial charge in [-0.15, -0.1) is 0 Å². The monoisotopic (exact) mass is 271 g/mol. The highest BCUT2D eigenvalue weighted by atomic mass is 32.2.